The zero-order valence-electron chi connectivity index (χ0n) is 15.6. The lowest BCUT2D eigenvalue weighted by molar-refractivity contribution is -0.0178. The average Bonchev–Trinajstić information content (AvgIpc) is 2.59. The quantitative estimate of drug-likeness (QED) is 0.881. The molecule has 2 aromatic rings. The van der Waals surface area contributed by atoms with Crippen molar-refractivity contribution < 1.29 is 5.11 Å². The zero-order chi connectivity index (χ0) is 17.9. The monoisotopic (exact) mass is 335 g/mol. The number of aliphatic hydroxyl groups is 1. The second-order valence-electron chi connectivity index (χ2n) is 7.51. The van der Waals surface area contributed by atoms with Gasteiger partial charge < -0.3 is 10.0 Å². The van der Waals surface area contributed by atoms with E-state index >= 15 is 0 Å². The van der Waals surface area contributed by atoms with Crippen molar-refractivity contribution in [3.05, 3.63) is 76.9 Å². The van der Waals surface area contributed by atoms with E-state index in [2.05, 4.69) is 68.4 Å². The highest BCUT2D eigenvalue weighted by molar-refractivity contribution is 5.58. The predicted octanol–water partition coefficient (Wildman–Crippen LogP) is 4.63. The maximum Gasteiger partial charge on any atom is 0.115 e. The van der Waals surface area contributed by atoms with E-state index < -0.39 is 5.60 Å². The first-order valence-electron chi connectivity index (χ1n) is 9.21. The van der Waals surface area contributed by atoms with Crippen molar-refractivity contribution in [3.8, 4) is 0 Å². The van der Waals surface area contributed by atoms with Gasteiger partial charge in [0.1, 0.15) is 5.60 Å². The van der Waals surface area contributed by atoms with Crippen LogP contribution in [0.15, 0.2) is 60.2 Å². The summed E-state index contributed by atoms with van der Waals surface area (Å²) in [4.78, 5) is 2.19. The molecule has 1 saturated carbocycles. The number of aryl methyl sites for hydroxylation is 1. The summed E-state index contributed by atoms with van der Waals surface area (Å²) in [5.41, 5.74) is 3.63. The number of hydrogen-bond acceptors (Lipinski definition) is 2. The summed E-state index contributed by atoms with van der Waals surface area (Å²) in [7, 11) is 4.18. The number of rotatable bonds is 4. The molecule has 1 N–H and O–H groups in total. The molecule has 0 amide bonds. The summed E-state index contributed by atoms with van der Waals surface area (Å²) < 4.78 is 0. The molecule has 0 bridgehead atoms. The third-order valence-corrected chi connectivity index (χ3v) is 5.36. The molecule has 2 heteroatoms. The van der Waals surface area contributed by atoms with Crippen LogP contribution in [0.3, 0.4) is 0 Å². The van der Waals surface area contributed by atoms with Crippen LogP contribution in [0.5, 0.6) is 0 Å². The molecule has 0 aromatic heterocycles. The Morgan fingerprint density at radius 1 is 1.08 bits per heavy atom. The van der Waals surface area contributed by atoms with Crippen LogP contribution in [-0.4, -0.2) is 30.6 Å². The van der Waals surface area contributed by atoms with Crippen molar-refractivity contribution >= 4 is 6.08 Å². The second-order valence-corrected chi connectivity index (χ2v) is 7.51. The molecule has 0 spiro atoms. The van der Waals surface area contributed by atoms with E-state index in [4.69, 9.17) is 0 Å². The van der Waals surface area contributed by atoms with E-state index in [9.17, 15) is 5.11 Å². The van der Waals surface area contributed by atoms with E-state index in [0.29, 0.717) is 0 Å². The van der Waals surface area contributed by atoms with Gasteiger partial charge in [0, 0.05) is 12.5 Å². The summed E-state index contributed by atoms with van der Waals surface area (Å²) in [5.74, 6) is 0.201. The van der Waals surface area contributed by atoms with Crippen molar-refractivity contribution in [2.45, 2.75) is 31.8 Å². The van der Waals surface area contributed by atoms with Crippen LogP contribution >= 0.6 is 0 Å². The molecule has 0 saturated heterocycles. The van der Waals surface area contributed by atoms with Gasteiger partial charge >= 0.3 is 0 Å². The van der Waals surface area contributed by atoms with Gasteiger partial charge in [-0.25, -0.2) is 0 Å². The van der Waals surface area contributed by atoms with Crippen LogP contribution in [0, 0.1) is 12.8 Å². The highest BCUT2D eigenvalue weighted by Gasteiger charge is 2.44. The van der Waals surface area contributed by atoms with E-state index in [1.807, 2.05) is 18.2 Å². The molecule has 2 nitrogen and oxygen atoms in total. The molecule has 25 heavy (non-hydrogen) atoms. The number of nitrogens with zero attached hydrogens (tertiary/aromatic N) is 1. The minimum atomic E-state index is -0.899. The van der Waals surface area contributed by atoms with Gasteiger partial charge in [-0.2, -0.15) is 0 Å². The lowest BCUT2D eigenvalue weighted by Crippen LogP contribution is -2.45. The van der Waals surface area contributed by atoms with Gasteiger partial charge in [-0.1, -0.05) is 60.7 Å². The Labute approximate surface area is 151 Å². The normalized spacial score (nSPS) is 25.5. The van der Waals surface area contributed by atoms with Gasteiger partial charge in [-0.15, -0.1) is 0 Å². The van der Waals surface area contributed by atoms with Crippen LogP contribution < -0.4 is 0 Å². The van der Waals surface area contributed by atoms with E-state index in [0.717, 1.165) is 48.1 Å². The predicted molar refractivity (Wildman–Crippen MR) is 105 cm³/mol. The average molecular weight is 335 g/mol. The maximum atomic E-state index is 12.1. The largest absolute Gasteiger partial charge is 0.380 e. The van der Waals surface area contributed by atoms with Crippen LogP contribution in [0.4, 0.5) is 0 Å². The Kier molecular flexibility index (Phi) is 5.41. The first-order chi connectivity index (χ1) is 12.0. The molecule has 0 heterocycles. The Balaban J connectivity index is 2.12. The minimum absolute atomic E-state index is 0.201. The highest BCUT2D eigenvalue weighted by Crippen LogP contribution is 2.47. The van der Waals surface area contributed by atoms with Crippen molar-refractivity contribution in [1.29, 1.82) is 0 Å². The van der Waals surface area contributed by atoms with Gasteiger partial charge in [0.25, 0.3) is 0 Å². The summed E-state index contributed by atoms with van der Waals surface area (Å²) in [6.07, 6.45) is 5.33. The smallest absolute Gasteiger partial charge is 0.115 e. The first-order valence-corrected chi connectivity index (χ1v) is 9.21. The van der Waals surface area contributed by atoms with Crippen molar-refractivity contribution in [2.24, 2.45) is 5.92 Å². The van der Waals surface area contributed by atoms with E-state index in [1.165, 1.54) is 0 Å². The molecule has 3 rings (SSSR count). The lowest BCUT2D eigenvalue weighted by atomic mass is 9.67. The van der Waals surface area contributed by atoms with E-state index in [1.54, 1.807) is 0 Å². The number of benzene rings is 2. The summed E-state index contributed by atoms with van der Waals surface area (Å²) in [5, 5.41) is 12.1. The van der Waals surface area contributed by atoms with Gasteiger partial charge in [-0.3, -0.25) is 0 Å². The minimum Gasteiger partial charge on any atom is -0.380 e. The summed E-state index contributed by atoms with van der Waals surface area (Å²) in [6, 6.07) is 18.7. The molecule has 1 aliphatic carbocycles. The Morgan fingerprint density at radius 3 is 2.44 bits per heavy atom. The van der Waals surface area contributed by atoms with Gasteiger partial charge in [0.05, 0.1) is 0 Å². The Hall–Kier alpha value is -1.90. The van der Waals surface area contributed by atoms with Gasteiger partial charge in [0.15, 0.2) is 0 Å². The topological polar surface area (TPSA) is 23.5 Å². The zero-order valence-corrected chi connectivity index (χ0v) is 15.6. The summed E-state index contributed by atoms with van der Waals surface area (Å²) >= 11 is 0. The molecule has 2 aromatic carbocycles. The van der Waals surface area contributed by atoms with Gasteiger partial charge in [0.2, 0.25) is 0 Å². The molecule has 1 fully saturated rings. The van der Waals surface area contributed by atoms with Gasteiger partial charge in [-0.05, 0) is 62.5 Å². The third-order valence-electron chi connectivity index (χ3n) is 5.36. The van der Waals surface area contributed by atoms with Crippen molar-refractivity contribution in [3.63, 3.8) is 0 Å². The molecular weight excluding hydrogens is 306 g/mol. The Bertz CT molecular complexity index is 735. The molecule has 0 aliphatic heterocycles. The molecule has 132 valence electrons. The molecule has 0 radical (unpaired) electrons. The van der Waals surface area contributed by atoms with Crippen LogP contribution in [0.25, 0.3) is 6.08 Å². The van der Waals surface area contributed by atoms with E-state index in [-0.39, 0.29) is 5.92 Å². The van der Waals surface area contributed by atoms with Crippen molar-refractivity contribution in [1.82, 2.24) is 4.90 Å². The second kappa shape index (κ2) is 7.55. The Morgan fingerprint density at radius 2 is 1.76 bits per heavy atom. The van der Waals surface area contributed by atoms with Crippen LogP contribution in [0.2, 0.25) is 0 Å². The maximum absolute atomic E-state index is 12.1. The van der Waals surface area contributed by atoms with Crippen LogP contribution in [0.1, 0.15) is 36.0 Å². The fourth-order valence-electron chi connectivity index (χ4n) is 4.19. The highest BCUT2D eigenvalue weighted by atomic mass is 16.3. The molecule has 2 unspecified atom stereocenters. The standard InChI is InChI=1S/C23H29NO/c1-18-10-7-8-15-22(18)23(25)20(16-19-11-5-4-6-12-19)13-9-14-21(23)17-24(2)3/h4-8,10-12,15-16,21,25H,9,13-14,17H2,1-3H3/b20-16-. The third kappa shape index (κ3) is 3.70. The summed E-state index contributed by atoms with van der Waals surface area (Å²) in [6.45, 7) is 2.99. The molecule has 2 atom stereocenters. The lowest BCUT2D eigenvalue weighted by Gasteiger charge is -2.44. The van der Waals surface area contributed by atoms with Crippen LogP contribution in [-0.2, 0) is 5.60 Å². The van der Waals surface area contributed by atoms with Crippen molar-refractivity contribution in [2.75, 3.05) is 20.6 Å². The SMILES string of the molecule is Cc1ccccc1C1(O)/C(=C\c2ccccc2)CCCC1CN(C)C. The number of hydrogen-bond donors (Lipinski definition) is 1. The first kappa shape index (κ1) is 17.9. The molecular formula is C23H29NO. The fourth-order valence-corrected chi connectivity index (χ4v) is 4.19. The fraction of sp³-hybridized carbons (Fsp3) is 0.391. The molecule has 1 aliphatic rings.